The van der Waals surface area contributed by atoms with E-state index in [-0.39, 0.29) is 5.69 Å². The number of imide groups is 1. The number of anilines is 2. The second-order valence-electron chi connectivity index (χ2n) is 6.48. The Morgan fingerprint density at radius 3 is 1.86 bits per heavy atom. The van der Waals surface area contributed by atoms with E-state index in [9.17, 15) is 14.4 Å². The summed E-state index contributed by atoms with van der Waals surface area (Å²) < 4.78 is 0. The van der Waals surface area contributed by atoms with Crippen molar-refractivity contribution in [2.75, 3.05) is 10.6 Å². The number of rotatable bonds is 4. The van der Waals surface area contributed by atoms with E-state index in [0.29, 0.717) is 5.69 Å². The van der Waals surface area contributed by atoms with Crippen LogP contribution in [0, 0.1) is 0 Å². The van der Waals surface area contributed by atoms with Crippen molar-refractivity contribution in [2.45, 2.75) is 13.0 Å². The van der Waals surface area contributed by atoms with Gasteiger partial charge in [-0.1, -0.05) is 66.7 Å². The Labute approximate surface area is 169 Å². The molecule has 3 amide bonds. The van der Waals surface area contributed by atoms with E-state index in [1.807, 2.05) is 60.7 Å². The lowest BCUT2D eigenvalue weighted by molar-refractivity contribution is -0.139. The topological polar surface area (TPSA) is 92.5 Å². The van der Waals surface area contributed by atoms with Gasteiger partial charge in [0.25, 0.3) is 0 Å². The smallest absolute Gasteiger partial charge is 0.323 e. The lowest BCUT2D eigenvalue weighted by Crippen LogP contribution is -2.46. The van der Waals surface area contributed by atoms with Gasteiger partial charge in [0.15, 0.2) is 0 Å². The molecule has 0 radical (unpaired) electrons. The summed E-state index contributed by atoms with van der Waals surface area (Å²) in [6.07, 6.45) is 0. The van der Waals surface area contributed by atoms with Crippen molar-refractivity contribution in [1.29, 1.82) is 0 Å². The number of amides is 3. The highest BCUT2D eigenvalue weighted by atomic mass is 16.2. The van der Waals surface area contributed by atoms with Gasteiger partial charge in [-0.15, -0.1) is 0 Å². The predicted octanol–water partition coefficient (Wildman–Crippen LogP) is 3.05. The third-order valence-corrected chi connectivity index (χ3v) is 4.38. The first kappa shape index (κ1) is 19.8. The summed E-state index contributed by atoms with van der Waals surface area (Å²) in [7, 11) is 0. The lowest BCUT2D eigenvalue weighted by Gasteiger charge is -2.23. The van der Waals surface area contributed by atoms with Crippen LogP contribution >= 0.6 is 0 Å². The fraction of sp³-hybridized carbons (Fsp3) is 0.0870. The molecule has 0 aromatic heterocycles. The first-order chi connectivity index (χ1) is 14.0. The Hall–Kier alpha value is -3.93. The highest BCUT2D eigenvalue weighted by Gasteiger charge is 2.29. The zero-order chi connectivity index (χ0) is 20.8. The minimum atomic E-state index is -0.972. The van der Waals surface area contributed by atoms with Gasteiger partial charge in [0.2, 0.25) is 5.91 Å². The minimum absolute atomic E-state index is 0.244. The van der Waals surface area contributed by atoms with Gasteiger partial charge in [0, 0.05) is 12.6 Å². The molecule has 29 heavy (non-hydrogen) atoms. The van der Waals surface area contributed by atoms with Crippen molar-refractivity contribution in [3.05, 3.63) is 96.1 Å². The number of hydrogen-bond donors (Lipinski definition) is 2. The molecule has 0 bridgehead atoms. The molecule has 0 atom stereocenters. The van der Waals surface area contributed by atoms with E-state index in [1.54, 1.807) is 18.2 Å². The largest absolute Gasteiger partial charge is 0.399 e. The zero-order valence-electron chi connectivity index (χ0n) is 15.9. The minimum Gasteiger partial charge on any atom is -0.399 e. The Morgan fingerprint density at radius 2 is 1.38 bits per heavy atom. The fourth-order valence-corrected chi connectivity index (χ4v) is 3.05. The number of carbonyl (C=O) groups excluding carboxylic acids is 3. The maximum Gasteiger partial charge on any atom is 0.323 e. The zero-order valence-corrected chi connectivity index (χ0v) is 15.9. The van der Waals surface area contributed by atoms with Crippen LogP contribution in [0.15, 0.2) is 84.9 Å². The molecule has 0 saturated carbocycles. The second-order valence-corrected chi connectivity index (χ2v) is 6.48. The van der Waals surface area contributed by atoms with Crippen molar-refractivity contribution in [3.63, 3.8) is 0 Å². The summed E-state index contributed by atoms with van der Waals surface area (Å²) in [4.78, 5) is 38.6. The quantitative estimate of drug-likeness (QED) is 0.532. The van der Waals surface area contributed by atoms with Crippen LogP contribution < -0.4 is 16.0 Å². The molecule has 0 saturated heterocycles. The third kappa shape index (κ3) is 4.68. The number of nitrogens with two attached hydrogens (primary N) is 1. The summed E-state index contributed by atoms with van der Waals surface area (Å²) in [6.45, 7) is 1.22. The first-order valence-electron chi connectivity index (χ1n) is 9.08. The summed E-state index contributed by atoms with van der Waals surface area (Å²) in [6, 6.07) is 24.3. The maximum atomic E-state index is 12.8. The molecule has 0 aliphatic heterocycles. The van der Waals surface area contributed by atoms with Crippen LogP contribution in [-0.4, -0.2) is 17.7 Å². The van der Waals surface area contributed by atoms with Gasteiger partial charge in [-0.3, -0.25) is 14.4 Å². The maximum absolute atomic E-state index is 12.8. The van der Waals surface area contributed by atoms with Crippen LogP contribution in [0.3, 0.4) is 0 Å². The molecular weight excluding hydrogens is 366 g/mol. The van der Waals surface area contributed by atoms with Gasteiger partial charge in [0.1, 0.15) is 0 Å². The molecule has 0 spiro atoms. The number of hydrogen-bond acceptors (Lipinski definition) is 4. The van der Waals surface area contributed by atoms with Crippen LogP contribution in [0.2, 0.25) is 0 Å². The second kappa shape index (κ2) is 8.84. The van der Waals surface area contributed by atoms with E-state index < -0.39 is 23.8 Å². The van der Waals surface area contributed by atoms with Gasteiger partial charge in [-0.2, -0.15) is 0 Å². The van der Waals surface area contributed by atoms with E-state index in [4.69, 9.17) is 5.73 Å². The molecule has 0 aliphatic carbocycles. The molecule has 0 heterocycles. The number of nitrogens with zero attached hydrogens (tertiary/aromatic N) is 1. The average Bonchev–Trinajstić information content (AvgIpc) is 2.73. The Morgan fingerprint density at radius 1 is 0.828 bits per heavy atom. The SMILES string of the molecule is CC(=O)N(C(=O)C(=O)NC(c1ccccc1)c1ccccc1)c1cccc(N)c1. The number of nitrogen functional groups attached to an aromatic ring is 1. The fourth-order valence-electron chi connectivity index (χ4n) is 3.05. The Kier molecular flexibility index (Phi) is 6.04. The highest BCUT2D eigenvalue weighted by molar-refractivity contribution is 6.45. The third-order valence-electron chi connectivity index (χ3n) is 4.38. The standard InChI is InChI=1S/C23H21N3O3/c1-16(27)26(20-14-8-13-19(24)15-20)23(29)22(28)25-21(17-9-4-2-5-10-17)18-11-6-3-7-12-18/h2-15,21H,24H2,1H3,(H,25,28). The van der Waals surface area contributed by atoms with Crippen LogP contribution in [0.1, 0.15) is 24.1 Å². The molecule has 0 unspecified atom stereocenters. The van der Waals surface area contributed by atoms with E-state index >= 15 is 0 Å². The van der Waals surface area contributed by atoms with Gasteiger partial charge < -0.3 is 11.1 Å². The molecule has 3 aromatic carbocycles. The molecule has 3 N–H and O–H groups in total. The van der Waals surface area contributed by atoms with Crippen LogP contribution in [0.4, 0.5) is 11.4 Å². The van der Waals surface area contributed by atoms with E-state index in [2.05, 4.69) is 5.32 Å². The van der Waals surface area contributed by atoms with Gasteiger partial charge in [-0.05, 0) is 29.3 Å². The van der Waals surface area contributed by atoms with E-state index in [1.165, 1.54) is 13.0 Å². The first-order valence-corrected chi connectivity index (χ1v) is 9.08. The van der Waals surface area contributed by atoms with Crippen LogP contribution in [0.5, 0.6) is 0 Å². The van der Waals surface area contributed by atoms with Crippen molar-refractivity contribution in [3.8, 4) is 0 Å². The lowest BCUT2D eigenvalue weighted by atomic mass is 9.98. The van der Waals surface area contributed by atoms with Gasteiger partial charge >= 0.3 is 11.8 Å². The summed E-state index contributed by atoms with van der Waals surface area (Å²) >= 11 is 0. The molecular formula is C23H21N3O3. The Bertz CT molecular complexity index is 980. The molecule has 6 nitrogen and oxygen atoms in total. The number of benzene rings is 3. The Balaban J connectivity index is 1.90. The molecule has 3 rings (SSSR count). The van der Waals surface area contributed by atoms with Crippen molar-refractivity contribution >= 4 is 29.1 Å². The molecule has 3 aromatic rings. The molecule has 0 fully saturated rings. The molecule has 0 aliphatic rings. The highest BCUT2D eigenvalue weighted by Crippen LogP contribution is 2.23. The molecule has 6 heteroatoms. The van der Waals surface area contributed by atoms with Crippen LogP contribution in [0.25, 0.3) is 0 Å². The normalized spacial score (nSPS) is 10.4. The summed E-state index contributed by atoms with van der Waals surface area (Å²) in [5.41, 5.74) is 8.02. The van der Waals surface area contributed by atoms with Crippen molar-refractivity contribution in [2.24, 2.45) is 0 Å². The van der Waals surface area contributed by atoms with Crippen molar-refractivity contribution in [1.82, 2.24) is 5.32 Å². The number of carbonyl (C=O) groups is 3. The van der Waals surface area contributed by atoms with Gasteiger partial charge in [-0.25, -0.2) is 4.90 Å². The monoisotopic (exact) mass is 387 g/mol. The summed E-state index contributed by atoms with van der Waals surface area (Å²) in [5, 5.41) is 2.76. The summed E-state index contributed by atoms with van der Waals surface area (Å²) in [5.74, 6) is -2.44. The number of nitrogens with one attached hydrogen (secondary N) is 1. The van der Waals surface area contributed by atoms with Crippen molar-refractivity contribution < 1.29 is 14.4 Å². The van der Waals surface area contributed by atoms with Crippen LogP contribution in [-0.2, 0) is 14.4 Å². The molecule has 146 valence electrons. The van der Waals surface area contributed by atoms with E-state index in [0.717, 1.165) is 16.0 Å². The average molecular weight is 387 g/mol. The predicted molar refractivity (Wildman–Crippen MR) is 112 cm³/mol. The van der Waals surface area contributed by atoms with Gasteiger partial charge in [0.05, 0.1) is 11.7 Å².